The Morgan fingerprint density at radius 1 is 1.25 bits per heavy atom. The Balaban J connectivity index is 1.60. The molecule has 3 nitrogen and oxygen atoms in total. The van der Waals surface area contributed by atoms with Crippen molar-refractivity contribution in [2.75, 3.05) is 19.4 Å². The van der Waals surface area contributed by atoms with Gasteiger partial charge in [-0.1, -0.05) is 26.0 Å². The van der Waals surface area contributed by atoms with E-state index < -0.39 is 0 Å². The van der Waals surface area contributed by atoms with Gasteiger partial charge in [0, 0.05) is 36.2 Å². The Labute approximate surface area is 121 Å². The number of benzene rings is 1. The van der Waals surface area contributed by atoms with Crippen LogP contribution >= 0.6 is 0 Å². The molecule has 0 aromatic heterocycles. The molecule has 3 N–H and O–H groups in total. The molecule has 0 saturated heterocycles. The van der Waals surface area contributed by atoms with E-state index >= 15 is 0 Å². The van der Waals surface area contributed by atoms with E-state index in [1.165, 1.54) is 18.4 Å². The monoisotopic (exact) mass is 274 g/mol. The largest absolute Gasteiger partial charge is 0.399 e. The first kappa shape index (κ1) is 13.9. The van der Waals surface area contributed by atoms with Crippen LogP contribution in [-0.2, 0) is 10.2 Å². The summed E-state index contributed by atoms with van der Waals surface area (Å²) in [5, 5.41) is 3.78. The lowest BCUT2D eigenvalue weighted by molar-refractivity contribution is -0.0977. The lowest BCUT2D eigenvalue weighted by Gasteiger charge is -2.52. The summed E-state index contributed by atoms with van der Waals surface area (Å²) < 4.78 is 5.52. The van der Waals surface area contributed by atoms with E-state index in [2.05, 4.69) is 31.3 Å². The van der Waals surface area contributed by atoms with Crippen LogP contribution < -0.4 is 11.1 Å². The maximum absolute atomic E-state index is 5.78. The number of anilines is 1. The first-order valence-corrected chi connectivity index (χ1v) is 7.60. The van der Waals surface area contributed by atoms with Crippen LogP contribution in [0.15, 0.2) is 24.3 Å². The van der Waals surface area contributed by atoms with Gasteiger partial charge in [-0.25, -0.2) is 0 Å². The number of hydrogen-bond donors (Lipinski definition) is 2. The highest BCUT2D eigenvalue weighted by Crippen LogP contribution is 2.49. The molecule has 3 rings (SSSR count). The smallest absolute Gasteiger partial charge is 0.0652 e. The minimum Gasteiger partial charge on any atom is -0.399 e. The van der Waals surface area contributed by atoms with Gasteiger partial charge in [-0.05, 0) is 37.0 Å². The van der Waals surface area contributed by atoms with Crippen molar-refractivity contribution in [2.24, 2.45) is 5.41 Å². The minimum atomic E-state index is 0.242. The highest BCUT2D eigenvalue weighted by atomic mass is 16.5. The molecule has 0 bridgehead atoms. The highest BCUT2D eigenvalue weighted by molar-refractivity contribution is 5.43. The van der Waals surface area contributed by atoms with Gasteiger partial charge in [-0.3, -0.25) is 0 Å². The van der Waals surface area contributed by atoms with Crippen LogP contribution in [0.3, 0.4) is 0 Å². The third kappa shape index (κ3) is 2.23. The first-order valence-electron chi connectivity index (χ1n) is 7.60. The predicted octanol–water partition coefficient (Wildman–Crippen LogP) is 2.70. The summed E-state index contributed by atoms with van der Waals surface area (Å²) >= 11 is 0. The second-order valence-electron chi connectivity index (χ2n) is 7.12. The van der Waals surface area contributed by atoms with E-state index in [0.29, 0.717) is 17.6 Å². The van der Waals surface area contributed by atoms with Crippen LogP contribution in [-0.4, -0.2) is 25.8 Å². The summed E-state index contributed by atoms with van der Waals surface area (Å²) in [6.45, 7) is 5.66. The van der Waals surface area contributed by atoms with Crippen LogP contribution in [0.5, 0.6) is 0 Å². The van der Waals surface area contributed by atoms with Crippen molar-refractivity contribution in [3.8, 4) is 0 Å². The third-order valence-corrected chi connectivity index (χ3v) is 5.53. The zero-order chi connectivity index (χ0) is 14.4. The molecule has 1 aromatic carbocycles. The lowest BCUT2D eigenvalue weighted by atomic mass is 9.64. The molecule has 110 valence electrons. The summed E-state index contributed by atoms with van der Waals surface area (Å²) in [5.41, 5.74) is 8.65. The first-order chi connectivity index (χ1) is 9.48. The lowest BCUT2D eigenvalue weighted by Crippen LogP contribution is -2.61. The summed E-state index contributed by atoms with van der Waals surface area (Å²) in [6, 6.07) is 8.98. The van der Waals surface area contributed by atoms with Crippen LogP contribution in [0.25, 0.3) is 0 Å². The fourth-order valence-corrected chi connectivity index (χ4v) is 3.51. The molecule has 2 saturated carbocycles. The van der Waals surface area contributed by atoms with Crippen molar-refractivity contribution in [2.45, 2.75) is 50.7 Å². The Bertz CT molecular complexity index is 476. The van der Waals surface area contributed by atoms with Gasteiger partial charge >= 0.3 is 0 Å². The van der Waals surface area contributed by atoms with Crippen LogP contribution in [0, 0.1) is 5.41 Å². The number of rotatable bonds is 5. The Hall–Kier alpha value is -1.06. The normalized spacial score (nSPS) is 29.8. The Morgan fingerprint density at radius 3 is 2.40 bits per heavy atom. The fraction of sp³-hybridized carbons (Fsp3) is 0.647. The van der Waals surface area contributed by atoms with Crippen molar-refractivity contribution in [3.63, 3.8) is 0 Å². The molecule has 0 spiro atoms. The summed E-state index contributed by atoms with van der Waals surface area (Å²) in [7, 11) is 1.82. The average molecular weight is 274 g/mol. The van der Waals surface area contributed by atoms with Gasteiger partial charge < -0.3 is 15.8 Å². The third-order valence-electron chi connectivity index (χ3n) is 5.53. The van der Waals surface area contributed by atoms with Gasteiger partial charge in [-0.15, -0.1) is 0 Å². The van der Waals surface area contributed by atoms with Gasteiger partial charge in [0.25, 0.3) is 0 Å². The van der Waals surface area contributed by atoms with Gasteiger partial charge in [0.15, 0.2) is 0 Å². The van der Waals surface area contributed by atoms with E-state index in [0.717, 1.165) is 18.7 Å². The topological polar surface area (TPSA) is 47.3 Å². The zero-order valence-electron chi connectivity index (χ0n) is 12.8. The quantitative estimate of drug-likeness (QED) is 0.812. The van der Waals surface area contributed by atoms with Crippen molar-refractivity contribution >= 4 is 5.69 Å². The molecule has 2 unspecified atom stereocenters. The molecule has 0 heterocycles. The SMILES string of the molecule is COC1CC(NCC2(c3ccc(N)cc3)CC2)C1(C)C. The molecule has 2 aliphatic carbocycles. The molecular formula is C17H26N2O. The van der Waals surface area contributed by atoms with Gasteiger partial charge in [0.1, 0.15) is 0 Å². The Kier molecular flexibility index (Phi) is 3.30. The van der Waals surface area contributed by atoms with Crippen LogP contribution in [0.1, 0.15) is 38.7 Å². The minimum absolute atomic E-state index is 0.242. The zero-order valence-corrected chi connectivity index (χ0v) is 12.8. The molecule has 1 aromatic rings. The highest BCUT2D eigenvalue weighted by Gasteiger charge is 2.50. The van der Waals surface area contributed by atoms with Crippen molar-refractivity contribution in [1.29, 1.82) is 0 Å². The summed E-state index contributed by atoms with van der Waals surface area (Å²) in [5.74, 6) is 0. The molecule has 2 aliphatic rings. The van der Waals surface area contributed by atoms with E-state index in [9.17, 15) is 0 Å². The fourth-order valence-electron chi connectivity index (χ4n) is 3.51. The summed E-state index contributed by atoms with van der Waals surface area (Å²) in [6.07, 6.45) is 4.09. The van der Waals surface area contributed by atoms with E-state index in [-0.39, 0.29) is 5.41 Å². The standard InChI is InChI=1S/C17H26N2O/c1-16(2)14(10-15(16)20-3)19-11-17(8-9-17)12-4-6-13(18)7-5-12/h4-7,14-15,19H,8-11,18H2,1-3H3. The molecule has 3 heteroatoms. The molecular weight excluding hydrogens is 248 g/mol. The summed E-state index contributed by atoms with van der Waals surface area (Å²) in [4.78, 5) is 0. The van der Waals surface area contributed by atoms with Crippen LogP contribution in [0.4, 0.5) is 5.69 Å². The predicted molar refractivity (Wildman–Crippen MR) is 82.8 cm³/mol. The Morgan fingerprint density at radius 2 is 1.90 bits per heavy atom. The van der Waals surface area contributed by atoms with Crippen molar-refractivity contribution in [3.05, 3.63) is 29.8 Å². The number of methoxy groups -OCH3 is 1. The molecule has 2 fully saturated rings. The second-order valence-corrected chi connectivity index (χ2v) is 7.12. The maximum Gasteiger partial charge on any atom is 0.0652 e. The van der Waals surface area contributed by atoms with E-state index in [4.69, 9.17) is 10.5 Å². The number of nitrogens with one attached hydrogen (secondary N) is 1. The van der Waals surface area contributed by atoms with Gasteiger partial charge in [0.2, 0.25) is 0 Å². The molecule has 20 heavy (non-hydrogen) atoms. The van der Waals surface area contributed by atoms with Gasteiger partial charge in [0.05, 0.1) is 6.10 Å². The van der Waals surface area contributed by atoms with E-state index in [1.807, 2.05) is 19.2 Å². The van der Waals surface area contributed by atoms with Crippen LogP contribution in [0.2, 0.25) is 0 Å². The van der Waals surface area contributed by atoms with Gasteiger partial charge in [-0.2, -0.15) is 0 Å². The number of nitrogen functional groups attached to an aromatic ring is 1. The molecule has 0 aliphatic heterocycles. The molecule has 0 amide bonds. The number of hydrogen-bond acceptors (Lipinski definition) is 3. The van der Waals surface area contributed by atoms with E-state index in [1.54, 1.807) is 0 Å². The molecule has 2 atom stereocenters. The molecule has 0 radical (unpaired) electrons. The van der Waals surface area contributed by atoms with Crippen molar-refractivity contribution < 1.29 is 4.74 Å². The average Bonchev–Trinajstić information content (AvgIpc) is 3.19. The number of nitrogens with two attached hydrogens (primary N) is 1. The number of ether oxygens (including phenoxy) is 1. The maximum atomic E-state index is 5.78. The second kappa shape index (κ2) is 4.74. The van der Waals surface area contributed by atoms with Crippen molar-refractivity contribution in [1.82, 2.24) is 5.32 Å².